The van der Waals surface area contributed by atoms with Crippen molar-refractivity contribution in [1.29, 1.82) is 0 Å². The van der Waals surface area contributed by atoms with Gasteiger partial charge in [0.1, 0.15) is 0 Å². The summed E-state index contributed by atoms with van der Waals surface area (Å²) in [5, 5.41) is 0. The zero-order valence-corrected chi connectivity index (χ0v) is 11.5. The first kappa shape index (κ1) is 12.4. The Kier molecular flexibility index (Phi) is 3.39. The van der Waals surface area contributed by atoms with Crippen LogP contribution in [0.25, 0.3) is 0 Å². The maximum absolute atomic E-state index is 6.45. The van der Waals surface area contributed by atoms with E-state index in [-0.39, 0.29) is 6.04 Å². The molecule has 2 N–H and O–H groups in total. The third kappa shape index (κ3) is 2.19. The molecule has 0 radical (unpaired) electrons. The van der Waals surface area contributed by atoms with Gasteiger partial charge in [0.2, 0.25) is 0 Å². The van der Waals surface area contributed by atoms with Gasteiger partial charge in [0.25, 0.3) is 0 Å². The summed E-state index contributed by atoms with van der Waals surface area (Å²) in [5.41, 5.74) is 12.2. The third-order valence-corrected chi connectivity index (χ3v) is 4.34. The van der Waals surface area contributed by atoms with Gasteiger partial charge in [-0.3, -0.25) is 0 Å². The molecule has 0 fully saturated rings. The molecule has 1 atom stereocenters. The molecule has 1 nitrogen and oxygen atoms in total. The first-order valence-electron chi connectivity index (χ1n) is 7.22. The number of nitrogens with two attached hydrogens (primary N) is 1. The summed E-state index contributed by atoms with van der Waals surface area (Å²) in [6.07, 6.45) is 3.26. The highest BCUT2D eigenvalue weighted by Gasteiger charge is 2.27. The van der Waals surface area contributed by atoms with Crippen molar-refractivity contribution in [3.63, 3.8) is 0 Å². The van der Waals surface area contributed by atoms with E-state index in [0.29, 0.717) is 5.92 Å². The number of benzene rings is 2. The molecule has 0 saturated carbocycles. The van der Waals surface area contributed by atoms with Gasteiger partial charge in [-0.05, 0) is 41.5 Å². The molecular formula is C18H21N. The van der Waals surface area contributed by atoms with E-state index < -0.39 is 0 Å². The van der Waals surface area contributed by atoms with Gasteiger partial charge in [-0.2, -0.15) is 0 Å². The van der Waals surface area contributed by atoms with Crippen molar-refractivity contribution >= 4 is 0 Å². The van der Waals surface area contributed by atoms with E-state index >= 15 is 0 Å². The zero-order valence-electron chi connectivity index (χ0n) is 11.5. The number of hydrogen-bond acceptors (Lipinski definition) is 1. The van der Waals surface area contributed by atoms with Gasteiger partial charge in [-0.25, -0.2) is 0 Å². The van der Waals surface area contributed by atoms with Crippen molar-refractivity contribution < 1.29 is 0 Å². The average molecular weight is 251 g/mol. The number of hydrogen-bond donors (Lipinski definition) is 1. The van der Waals surface area contributed by atoms with E-state index in [4.69, 9.17) is 5.73 Å². The topological polar surface area (TPSA) is 26.0 Å². The van der Waals surface area contributed by atoms with Crippen LogP contribution in [0.5, 0.6) is 0 Å². The average Bonchev–Trinajstić information content (AvgIpc) is 2.63. The highest BCUT2D eigenvalue weighted by atomic mass is 14.6. The second-order valence-corrected chi connectivity index (χ2v) is 5.45. The van der Waals surface area contributed by atoms with Crippen molar-refractivity contribution in [1.82, 2.24) is 0 Å². The molecule has 0 heterocycles. The van der Waals surface area contributed by atoms with Gasteiger partial charge < -0.3 is 5.73 Å². The van der Waals surface area contributed by atoms with Crippen LogP contribution in [-0.2, 0) is 12.8 Å². The Balaban J connectivity index is 2.19. The van der Waals surface area contributed by atoms with E-state index in [0.717, 1.165) is 19.3 Å². The molecule has 0 unspecified atom stereocenters. The van der Waals surface area contributed by atoms with Crippen molar-refractivity contribution in [2.75, 3.05) is 0 Å². The highest BCUT2D eigenvalue weighted by Crippen LogP contribution is 2.36. The maximum atomic E-state index is 6.45. The summed E-state index contributed by atoms with van der Waals surface area (Å²) in [6, 6.07) is 17.8. The Morgan fingerprint density at radius 1 is 0.947 bits per heavy atom. The van der Waals surface area contributed by atoms with Crippen LogP contribution in [0.15, 0.2) is 48.5 Å². The monoisotopic (exact) mass is 251 g/mol. The molecule has 98 valence electrons. The minimum absolute atomic E-state index is 0.195. The Labute approximate surface area is 115 Å². The van der Waals surface area contributed by atoms with Gasteiger partial charge in [-0.15, -0.1) is 0 Å². The summed E-state index contributed by atoms with van der Waals surface area (Å²) in [4.78, 5) is 0. The first-order chi connectivity index (χ1) is 9.31. The highest BCUT2D eigenvalue weighted by molar-refractivity contribution is 5.46. The summed E-state index contributed by atoms with van der Waals surface area (Å²) >= 11 is 0. The predicted octanol–water partition coefficient (Wildman–Crippen LogP) is 3.65. The number of aryl methyl sites for hydroxylation is 2. The Morgan fingerprint density at radius 2 is 1.42 bits per heavy atom. The second kappa shape index (κ2) is 5.18. The van der Waals surface area contributed by atoms with Crippen LogP contribution in [-0.4, -0.2) is 6.04 Å². The second-order valence-electron chi connectivity index (χ2n) is 5.45. The van der Waals surface area contributed by atoms with E-state index in [1.54, 1.807) is 0 Å². The molecule has 0 aliphatic heterocycles. The fourth-order valence-corrected chi connectivity index (χ4v) is 3.26. The molecule has 19 heavy (non-hydrogen) atoms. The van der Waals surface area contributed by atoms with Gasteiger partial charge in [0.15, 0.2) is 0 Å². The van der Waals surface area contributed by atoms with E-state index in [9.17, 15) is 0 Å². The summed E-state index contributed by atoms with van der Waals surface area (Å²) in [5.74, 6) is 0.347. The van der Waals surface area contributed by atoms with Crippen LogP contribution >= 0.6 is 0 Å². The lowest BCUT2D eigenvalue weighted by molar-refractivity contribution is 0.575. The summed E-state index contributed by atoms with van der Waals surface area (Å²) in [6.45, 7) is 2.18. The predicted molar refractivity (Wildman–Crippen MR) is 80.4 cm³/mol. The normalized spacial score (nSPS) is 16.3. The molecule has 3 rings (SSSR count). The minimum atomic E-state index is 0.195. The zero-order chi connectivity index (χ0) is 13.2. The maximum Gasteiger partial charge on any atom is 0.0246 e. The molecule has 0 aromatic heterocycles. The van der Waals surface area contributed by atoms with Gasteiger partial charge in [0, 0.05) is 12.0 Å². The molecule has 2 aromatic carbocycles. The minimum Gasteiger partial charge on any atom is -0.327 e. The van der Waals surface area contributed by atoms with Crippen molar-refractivity contribution in [2.24, 2.45) is 5.73 Å². The van der Waals surface area contributed by atoms with E-state index in [2.05, 4.69) is 55.5 Å². The standard InChI is InChI=1S/C18H21N/c1-2-17(19)18-15-9-5-3-7-13(15)11-12-14-8-4-6-10-16(14)18/h3-10,17-18H,2,11-12,19H2,1H3/t17-/m1/s1. The SMILES string of the molecule is CC[C@@H](N)C1c2ccccc2CCc2ccccc21. The first-order valence-corrected chi connectivity index (χ1v) is 7.22. The Morgan fingerprint density at radius 3 is 1.89 bits per heavy atom. The molecule has 1 aliphatic carbocycles. The molecule has 0 spiro atoms. The molecule has 0 bridgehead atoms. The lowest BCUT2D eigenvalue weighted by Gasteiger charge is -2.25. The van der Waals surface area contributed by atoms with Gasteiger partial charge >= 0.3 is 0 Å². The van der Waals surface area contributed by atoms with E-state index in [1.165, 1.54) is 22.3 Å². The molecule has 1 heteroatoms. The smallest absolute Gasteiger partial charge is 0.0246 e. The lowest BCUT2D eigenvalue weighted by atomic mass is 9.82. The van der Waals surface area contributed by atoms with Gasteiger partial charge in [-0.1, -0.05) is 55.5 Å². The number of fused-ring (bicyclic) bond motifs is 2. The quantitative estimate of drug-likeness (QED) is 0.866. The fraction of sp³-hybridized carbons (Fsp3) is 0.333. The molecule has 0 amide bonds. The van der Waals surface area contributed by atoms with Crippen LogP contribution in [0.4, 0.5) is 0 Å². The third-order valence-electron chi connectivity index (χ3n) is 4.34. The molecule has 1 aliphatic rings. The number of rotatable bonds is 2. The molecule has 2 aromatic rings. The van der Waals surface area contributed by atoms with Crippen LogP contribution in [0.2, 0.25) is 0 Å². The van der Waals surface area contributed by atoms with Crippen LogP contribution in [0.3, 0.4) is 0 Å². The van der Waals surface area contributed by atoms with Crippen molar-refractivity contribution in [3.05, 3.63) is 70.8 Å². The lowest BCUT2D eigenvalue weighted by Crippen LogP contribution is -2.29. The Hall–Kier alpha value is -1.60. The largest absolute Gasteiger partial charge is 0.327 e. The van der Waals surface area contributed by atoms with E-state index in [1.807, 2.05) is 0 Å². The van der Waals surface area contributed by atoms with Crippen molar-refractivity contribution in [2.45, 2.75) is 38.1 Å². The van der Waals surface area contributed by atoms with Crippen LogP contribution in [0.1, 0.15) is 41.5 Å². The summed E-state index contributed by atoms with van der Waals surface area (Å²) < 4.78 is 0. The fourth-order valence-electron chi connectivity index (χ4n) is 3.26. The van der Waals surface area contributed by atoms with Crippen LogP contribution in [0, 0.1) is 0 Å². The Bertz CT molecular complexity index is 526. The summed E-state index contributed by atoms with van der Waals surface area (Å²) in [7, 11) is 0. The van der Waals surface area contributed by atoms with Gasteiger partial charge in [0.05, 0.1) is 0 Å². The molecular weight excluding hydrogens is 230 g/mol. The van der Waals surface area contributed by atoms with Crippen molar-refractivity contribution in [3.8, 4) is 0 Å². The molecule has 0 saturated heterocycles. The van der Waals surface area contributed by atoms with Crippen LogP contribution < -0.4 is 5.73 Å².